The number of amidine groups is 1. The first-order valence-corrected chi connectivity index (χ1v) is 11.6. The molecule has 30 heavy (non-hydrogen) atoms. The monoisotopic (exact) mass is 427 g/mol. The maximum Gasteiger partial charge on any atom is 0.285 e. The summed E-state index contributed by atoms with van der Waals surface area (Å²) in [5.41, 5.74) is 2.23. The van der Waals surface area contributed by atoms with Crippen molar-refractivity contribution < 1.29 is 17.6 Å². The van der Waals surface area contributed by atoms with Crippen LogP contribution in [0.2, 0.25) is 0 Å². The molecule has 0 aromatic heterocycles. The van der Waals surface area contributed by atoms with Crippen LogP contribution in [0.3, 0.4) is 0 Å². The van der Waals surface area contributed by atoms with Gasteiger partial charge in [0, 0.05) is 43.2 Å². The first-order chi connectivity index (χ1) is 14.4. The second-order valence-corrected chi connectivity index (χ2v) is 9.61. The third kappa shape index (κ3) is 3.19. The zero-order chi connectivity index (χ0) is 20.9. The number of sulfonamides is 1. The van der Waals surface area contributed by atoms with Gasteiger partial charge in [-0.15, -0.1) is 4.40 Å². The van der Waals surface area contributed by atoms with E-state index in [0.717, 1.165) is 5.56 Å². The van der Waals surface area contributed by atoms with E-state index in [9.17, 15) is 17.6 Å². The van der Waals surface area contributed by atoms with Gasteiger partial charge in [-0.2, -0.15) is 8.42 Å². The Hall–Kier alpha value is -2.74. The van der Waals surface area contributed by atoms with Gasteiger partial charge in [0.2, 0.25) is 5.91 Å². The predicted octanol–water partition coefficient (Wildman–Crippen LogP) is 2.57. The third-order valence-electron chi connectivity index (χ3n) is 6.28. The summed E-state index contributed by atoms with van der Waals surface area (Å²) in [6.45, 7) is 2.06. The largest absolute Gasteiger partial charge is 0.355 e. The van der Waals surface area contributed by atoms with Crippen LogP contribution in [0.1, 0.15) is 29.5 Å². The smallest absolute Gasteiger partial charge is 0.285 e. The quantitative estimate of drug-likeness (QED) is 0.702. The number of piperidine rings is 1. The fraction of sp³-hybridized carbons (Fsp3) is 0.364. The summed E-state index contributed by atoms with van der Waals surface area (Å²) < 4.78 is 42.8. The van der Waals surface area contributed by atoms with Crippen LogP contribution < -0.4 is 0 Å². The Labute approximate surface area is 175 Å². The molecule has 1 saturated heterocycles. The van der Waals surface area contributed by atoms with Crippen molar-refractivity contribution in [3.63, 3.8) is 0 Å². The Bertz CT molecular complexity index is 1150. The van der Waals surface area contributed by atoms with Crippen LogP contribution in [0.4, 0.5) is 4.39 Å². The van der Waals surface area contributed by atoms with Crippen molar-refractivity contribution in [3.8, 4) is 0 Å². The normalized spacial score (nSPS) is 20.5. The summed E-state index contributed by atoms with van der Waals surface area (Å²) >= 11 is 0. The van der Waals surface area contributed by atoms with Gasteiger partial charge in [0.1, 0.15) is 10.7 Å². The summed E-state index contributed by atoms with van der Waals surface area (Å²) in [7, 11) is -3.65. The van der Waals surface area contributed by atoms with E-state index in [1.54, 1.807) is 35.2 Å². The minimum absolute atomic E-state index is 0.0601. The Kier molecular flexibility index (Phi) is 4.61. The van der Waals surface area contributed by atoms with E-state index >= 15 is 0 Å². The number of fused-ring (bicyclic) bond motifs is 2. The fourth-order valence-corrected chi connectivity index (χ4v) is 5.87. The minimum atomic E-state index is -3.65. The van der Waals surface area contributed by atoms with Gasteiger partial charge in [0.25, 0.3) is 10.0 Å². The predicted molar refractivity (Wildman–Crippen MR) is 110 cm³/mol. The van der Waals surface area contributed by atoms with E-state index in [4.69, 9.17) is 0 Å². The van der Waals surface area contributed by atoms with Crippen LogP contribution in [-0.2, 0) is 27.8 Å². The molecule has 5 rings (SSSR count). The van der Waals surface area contributed by atoms with Gasteiger partial charge in [-0.1, -0.05) is 24.3 Å². The SMILES string of the molecule is O=C(C1CCN(C2=NS(=O)(=O)c3ccccc32)CC1)N1CCc2cccc(F)c2C1. The van der Waals surface area contributed by atoms with E-state index in [0.29, 0.717) is 62.4 Å². The molecule has 2 aromatic rings. The highest BCUT2D eigenvalue weighted by molar-refractivity contribution is 7.90. The Morgan fingerprint density at radius 1 is 1.03 bits per heavy atom. The lowest BCUT2D eigenvalue weighted by Gasteiger charge is -2.36. The lowest BCUT2D eigenvalue weighted by atomic mass is 9.92. The highest BCUT2D eigenvalue weighted by atomic mass is 32.2. The van der Waals surface area contributed by atoms with Gasteiger partial charge in [-0.05, 0) is 43.0 Å². The van der Waals surface area contributed by atoms with Gasteiger partial charge in [0.05, 0.1) is 0 Å². The number of carbonyl (C=O) groups excluding carboxylic acids is 1. The maximum absolute atomic E-state index is 14.2. The number of rotatable bonds is 1. The van der Waals surface area contributed by atoms with Crippen LogP contribution in [0.5, 0.6) is 0 Å². The molecule has 3 heterocycles. The molecule has 0 bridgehead atoms. The van der Waals surface area contributed by atoms with Crippen molar-refractivity contribution in [3.05, 3.63) is 65.0 Å². The highest BCUT2D eigenvalue weighted by Crippen LogP contribution is 2.31. The molecular formula is C22H22FN3O3S. The minimum Gasteiger partial charge on any atom is -0.355 e. The average Bonchev–Trinajstić information content (AvgIpc) is 3.05. The Morgan fingerprint density at radius 2 is 1.80 bits per heavy atom. The Morgan fingerprint density at radius 3 is 2.60 bits per heavy atom. The van der Waals surface area contributed by atoms with Crippen molar-refractivity contribution in [1.82, 2.24) is 9.80 Å². The van der Waals surface area contributed by atoms with Gasteiger partial charge in [-0.25, -0.2) is 4.39 Å². The first-order valence-electron chi connectivity index (χ1n) is 10.2. The molecule has 1 amide bonds. The van der Waals surface area contributed by atoms with Crippen molar-refractivity contribution in [1.29, 1.82) is 0 Å². The van der Waals surface area contributed by atoms with Crippen molar-refractivity contribution in [2.24, 2.45) is 10.3 Å². The second kappa shape index (κ2) is 7.19. The van der Waals surface area contributed by atoms with E-state index in [1.165, 1.54) is 6.07 Å². The second-order valence-electron chi connectivity index (χ2n) is 8.03. The molecule has 156 valence electrons. The highest BCUT2D eigenvalue weighted by Gasteiger charge is 2.36. The van der Waals surface area contributed by atoms with Crippen LogP contribution >= 0.6 is 0 Å². The van der Waals surface area contributed by atoms with Gasteiger partial charge in [0.15, 0.2) is 5.84 Å². The number of halogens is 1. The fourth-order valence-electron chi connectivity index (χ4n) is 4.64. The van der Waals surface area contributed by atoms with E-state index in [2.05, 4.69) is 4.40 Å². The molecule has 6 nitrogen and oxygen atoms in total. The summed E-state index contributed by atoms with van der Waals surface area (Å²) in [4.78, 5) is 17.0. The number of amides is 1. The van der Waals surface area contributed by atoms with Crippen molar-refractivity contribution >= 4 is 21.8 Å². The summed E-state index contributed by atoms with van der Waals surface area (Å²) in [6.07, 6.45) is 1.92. The molecule has 1 fully saturated rings. The molecule has 8 heteroatoms. The molecule has 0 radical (unpaired) electrons. The number of benzene rings is 2. The first kappa shape index (κ1) is 19.2. The van der Waals surface area contributed by atoms with Crippen molar-refractivity contribution in [2.45, 2.75) is 30.7 Å². The molecule has 3 aliphatic rings. The molecule has 0 N–H and O–H groups in total. The lowest BCUT2D eigenvalue weighted by molar-refractivity contribution is -0.137. The molecule has 3 aliphatic heterocycles. The van der Waals surface area contributed by atoms with Crippen LogP contribution in [0.15, 0.2) is 51.8 Å². The molecular weight excluding hydrogens is 405 g/mol. The number of carbonyl (C=O) groups is 1. The Balaban J connectivity index is 1.27. The van der Waals surface area contributed by atoms with Crippen LogP contribution in [0, 0.1) is 11.7 Å². The molecule has 0 aliphatic carbocycles. The molecule has 0 atom stereocenters. The van der Waals surface area contributed by atoms with E-state index < -0.39 is 10.0 Å². The van der Waals surface area contributed by atoms with Gasteiger partial charge < -0.3 is 9.80 Å². The van der Waals surface area contributed by atoms with Crippen molar-refractivity contribution in [2.75, 3.05) is 19.6 Å². The summed E-state index contributed by atoms with van der Waals surface area (Å²) in [5.74, 6) is 0.151. The molecule has 2 aromatic carbocycles. The average molecular weight is 428 g/mol. The number of hydrogen-bond donors (Lipinski definition) is 0. The molecule has 0 spiro atoms. The van der Waals surface area contributed by atoms with Gasteiger partial charge >= 0.3 is 0 Å². The van der Waals surface area contributed by atoms with Crippen LogP contribution in [-0.4, -0.2) is 49.6 Å². The molecule has 0 saturated carbocycles. The van der Waals surface area contributed by atoms with E-state index in [1.807, 2.05) is 11.0 Å². The maximum atomic E-state index is 14.2. The topological polar surface area (TPSA) is 70.0 Å². The summed E-state index contributed by atoms with van der Waals surface area (Å²) in [5, 5.41) is 0. The standard InChI is InChI=1S/C22H22FN3O3S/c23-19-6-3-4-15-8-13-26(14-18(15)19)22(27)16-9-11-25(12-10-16)21-17-5-1-2-7-20(17)30(28,29)24-21/h1-7,16H,8-14H2. The number of likely N-dealkylation sites (tertiary alicyclic amines) is 1. The van der Waals surface area contributed by atoms with Gasteiger partial charge in [-0.3, -0.25) is 4.79 Å². The summed E-state index contributed by atoms with van der Waals surface area (Å²) in [6, 6.07) is 11.9. The molecule has 0 unspecified atom stereocenters. The zero-order valence-electron chi connectivity index (χ0n) is 16.4. The third-order valence-corrected chi connectivity index (χ3v) is 7.61. The van der Waals surface area contributed by atoms with E-state index in [-0.39, 0.29) is 22.5 Å². The van der Waals surface area contributed by atoms with Crippen LogP contribution in [0.25, 0.3) is 0 Å². The zero-order valence-corrected chi connectivity index (χ0v) is 17.2. The number of nitrogens with zero attached hydrogens (tertiary/aromatic N) is 3. The number of hydrogen-bond acceptors (Lipinski definition) is 4. The lowest BCUT2D eigenvalue weighted by Crippen LogP contribution is -2.45.